The van der Waals surface area contributed by atoms with Crippen LogP contribution in [0, 0.1) is 0 Å². The van der Waals surface area contributed by atoms with Crippen molar-refractivity contribution in [2.24, 2.45) is 5.73 Å². The molecule has 9 heteroatoms. The fraction of sp³-hybridized carbons (Fsp3) is 0.667. The first kappa shape index (κ1) is 16.9. The molecule has 0 aromatic carbocycles. The van der Waals surface area contributed by atoms with Crippen molar-refractivity contribution in [2.75, 3.05) is 6.54 Å². The number of carbonyl (C=O) groups excluding carboxylic acids is 3. The Morgan fingerprint density at radius 3 is 2.48 bits per heavy atom. The van der Waals surface area contributed by atoms with Crippen LogP contribution in [0.1, 0.15) is 26.2 Å². The van der Waals surface area contributed by atoms with Gasteiger partial charge in [0, 0.05) is 0 Å². The number of nitrogens with one attached hydrogen (secondary N) is 3. The Balaban J connectivity index is 2.50. The molecule has 1 saturated heterocycles. The number of carbonyl (C=O) groups is 4. The second-order valence-corrected chi connectivity index (χ2v) is 4.95. The Kier molecular flexibility index (Phi) is 6.10. The van der Waals surface area contributed by atoms with Crippen LogP contribution in [-0.2, 0) is 19.2 Å². The fourth-order valence-corrected chi connectivity index (χ4v) is 1.99. The largest absolute Gasteiger partial charge is 0.480 e. The van der Waals surface area contributed by atoms with Crippen LogP contribution in [0.3, 0.4) is 0 Å². The first-order valence-corrected chi connectivity index (χ1v) is 6.66. The van der Waals surface area contributed by atoms with Gasteiger partial charge < -0.3 is 26.8 Å². The van der Waals surface area contributed by atoms with Crippen molar-refractivity contribution in [3.8, 4) is 0 Å². The summed E-state index contributed by atoms with van der Waals surface area (Å²) in [5, 5.41) is 16.5. The van der Waals surface area contributed by atoms with E-state index in [1.54, 1.807) is 0 Å². The zero-order valence-electron chi connectivity index (χ0n) is 11.7. The Hall–Kier alpha value is -2.16. The van der Waals surface area contributed by atoms with Gasteiger partial charge in [0.15, 0.2) is 0 Å². The summed E-state index contributed by atoms with van der Waals surface area (Å²) in [7, 11) is 0. The maximum Gasteiger partial charge on any atom is 0.326 e. The molecule has 0 aromatic rings. The molecule has 118 valence electrons. The number of hydrogen-bond acceptors (Lipinski definition) is 5. The minimum atomic E-state index is -1.40. The van der Waals surface area contributed by atoms with Gasteiger partial charge in [-0.2, -0.15) is 0 Å². The van der Waals surface area contributed by atoms with E-state index in [1.165, 1.54) is 6.92 Å². The summed E-state index contributed by atoms with van der Waals surface area (Å²) in [4.78, 5) is 45.3. The van der Waals surface area contributed by atoms with E-state index in [9.17, 15) is 19.2 Å². The molecule has 0 radical (unpaired) electrons. The monoisotopic (exact) mass is 300 g/mol. The van der Waals surface area contributed by atoms with Gasteiger partial charge in [-0.05, 0) is 26.3 Å². The number of carboxylic acid groups (broad SMARTS) is 1. The molecular weight excluding hydrogens is 280 g/mol. The van der Waals surface area contributed by atoms with Crippen LogP contribution < -0.4 is 21.7 Å². The highest BCUT2D eigenvalue weighted by Gasteiger charge is 2.28. The van der Waals surface area contributed by atoms with E-state index >= 15 is 0 Å². The lowest BCUT2D eigenvalue weighted by Crippen LogP contribution is -2.53. The Bertz CT molecular complexity index is 433. The molecule has 6 N–H and O–H groups in total. The zero-order chi connectivity index (χ0) is 16.0. The predicted molar refractivity (Wildman–Crippen MR) is 72.0 cm³/mol. The van der Waals surface area contributed by atoms with Crippen LogP contribution >= 0.6 is 0 Å². The predicted octanol–water partition coefficient (Wildman–Crippen LogP) is -2.31. The molecule has 1 aliphatic rings. The molecular formula is C12H20N4O5. The summed E-state index contributed by atoms with van der Waals surface area (Å²) in [6, 6.07) is -2.64. The summed E-state index contributed by atoms with van der Waals surface area (Å²) in [5.74, 6) is -3.19. The third-order valence-corrected chi connectivity index (χ3v) is 3.15. The van der Waals surface area contributed by atoms with Crippen molar-refractivity contribution in [3.05, 3.63) is 0 Å². The van der Waals surface area contributed by atoms with Crippen LogP contribution in [0.5, 0.6) is 0 Å². The normalized spacial score (nSPS) is 20.3. The van der Waals surface area contributed by atoms with Gasteiger partial charge in [-0.25, -0.2) is 4.79 Å². The van der Waals surface area contributed by atoms with Crippen molar-refractivity contribution in [2.45, 2.75) is 44.3 Å². The number of rotatable bonds is 7. The SMILES string of the molecule is CC(NC(=O)C1CCCN1)C(=O)NC(CC(N)=O)C(=O)O. The third kappa shape index (κ3) is 5.38. The van der Waals surface area contributed by atoms with E-state index in [4.69, 9.17) is 10.8 Å². The molecule has 21 heavy (non-hydrogen) atoms. The molecule has 1 heterocycles. The molecule has 0 aliphatic carbocycles. The summed E-state index contributed by atoms with van der Waals surface area (Å²) >= 11 is 0. The molecule has 0 saturated carbocycles. The summed E-state index contributed by atoms with van der Waals surface area (Å²) in [5.41, 5.74) is 4.91. The van der Waals surface area contributed by atoms with E-state index in [0.717, 1.165) is 13.0 Å². The molecule has 9 nitrogen and oxygen atoms in total. The van der Waals surface area contributed by atoms with Gasteiger partial charge >= 0.3 is 5.97 Å². The Morgan fingerprint density at radius 1 is 1.33 bits per heavy atom. The number of aliphatic carboxylic acids is 1. The van der Waals surface area contributed by atoms with Crippen molar-refractivity contribution < 1.29 is 24.3 Å². The minimum absolute atomic E-state index is 0.308. The van der Waals surface area contributed by atoms with Crippen molar-refractivity contribution in [1.29, 1.82) is 0 Å². The van der Waals surface area contributed by atoms with Crippen LogP contribution in [0.2, 0.25) is 0 Å². The van der Waals surface area contributed by atoms with Gasteiger partial charge in [0.1, 0.15) is 12.1 Å². The number of carboxylic acids is 1. The first-order chi connectivity index (χ1) is 9.81. The van der Waals surface area contributed by atoms with E-state index < -0.39 is 36.3 Å². The van der Waals surface area contributed by atoms with Crippen molar-refractivity contribution in [3.63, 3.8) is 0 Å². The van der Waals surface area contributed by atoms with E-state index in [2.05, 4.69) is 16.0 Å². The second kappa shape index (κ2) is 7.58. The van der Waals surface area contributed by atoms with Gasteiger partial charge in [-0.3, -0.25) is 14.4 Å². The van der Waals surface area contributed by atoms with Gasteiger partial charge in [0.2, 0.25) is 17.7 Å². The van der Waals surface area contributed by atoms with Crippen LogP contribution in [0.15, 0.2) is 0 Å². The number of hydrogen-bond donors (Lipinski definition) is 5. The lowest BCUT2D eigenvalue weighted by Gasteiger charge is -2.19. The van der Waals surface area contributed by atoms with E-state index in [0.29, 0.717) is 6.42 Å². The molecule has 0 spiro atoms. The van der Waals surface area contributed by atoms with Crippen molar-refractivity contribution >= 4 is 23.7 Å². The lowest BCUT2D eigenvalue weighted by atomic mass is 10.1. The highest BCUT2D eigenvalue weighted by Crippen LogP contribution is 2.05. The van der Waals surface area contributed by atoms with E-state index in [-0.39, 0.29) is 11.9 Å². The molecule has 3 atom stereocenters. The summed E-state index contributed by atoms with van der Waals surface area (Å²) in [6.07, 6.45) is 1.07. The molecule has 0 bridgehead atoms. The molecule has 1 aliphatic heterocycles. The Morgan fingerprint density at radius 2 is 2.00 bits per heavy atom. The van der Waals surface area contributed by atoms with E-state index in [1.807, 2.05) is 0 Å². The van der Waals surface area contributed by atoms with Crippen LogP contribution in [0.4, 0.5) is 0 Å². The molecule has 3 unspecified atom stereocenters. The first-order valence-electron chi connectivity index (χ1n) is 6.66. The van der Waals surface area contributed by atoms with Gasteiger partial charge in [-0.15, -0.1) is 0 Å². The lowest BCUT2D eigenvalue weighted by molar-refractivity contribution is -0.143. The highest BCUT2D eigenvalue weighted by molar-refractivity contribution is 5.93. The molecule has 1 rings (SSSR count). The molecule has 1 fully saturated rings. The fourth-order valence-electron chi connectivity index (χ4n) is 1.99. The number of amides is 3. The quantitative estimate of drug-likeness (QED) is 0.356. The molecule has 3 amide bonds. The summed E-state index contributed by atoms with van der Waals surface area (Å²) in [6.45, 7) is 2.18. The average molecular weight is 300 g/mol. The smallest absolute Gasteiger partial charge is 0.326 e. The summed E-state index contributed by atoms with van der Waals surface area (Å²) < 4.78 is 0. The maximum absolute atomic E-state index is 11.8. The third-order valence-electron chi connectivity index (χ3n) is 3.15. The zero-order valence-corrected chi connectivity index (χ0v) is 11.7. The minimum Gasteiger partial charge on any atom is -0.480 e. The maximum atomic E-state index is 11.8. The number of primary amides is 1. The van der Waals surface area contributed by atoms with Gasteiger partial charge in [-0.1, -0.05) is 0 Å². The highest BCUT2D eigenvalue weighted by atomic mass is 16.4. The van der Waals surface area contributed by atoms with Crippen LogP contribution in [0.25, 0.3) is 0 Å². The number of nitrogens with two attached hydrogens (primary N) is 1. The topological polar surface area (TPSA) is 151 Å². The van der Waals surface area contributed by atoms with Crippen LogP contribution in [-0.4, -0.2) is 53.5 Å². The molecule has 0 aromatic heterocycles. The van der Waals surface area contributed by atoms with Gasteiger partial charge in [0.25, 0.3) is 0 Å². The second-order valence-electron chi connectivity index (χ2n) is 4.95. The van der Waals surface area contributed by atoms with Gasteiger partial charge in [0.05, 0.1) is 12.5 Å². The standard InChI is InChI=1S/C12H20N4O5/c1-6(15-11(19)7-3-2-4-14-7)10(18)16-8(12(20)21)5-9(13)17/h6-8,14H,2-5H2,1H3,(H2,13,17)(H,15,19)(H,16,18)(H,20,21). The average Bonchev–Trinajstić information content (AvgIpc) is 2.90. The Labute approximate surface area is 121 Å². The van der Waals surface area contributed by atoms with Crippen molar-refractivity contribution in [1.82, 2.24) is 16.0 Å².